The van der Waals surface area contributed by atoms with Crippen LogP contribution in [-0.4, -0.2) is 24.9 Å². The Balaban J connectivity index is 2.45. The number of amides is 1. The van der Waals surface area contributed by atoms with Crippen molar-refractivity contribution in [3.8, 4) is 5.75 Å². The number of aryl methyl sites for hydroxylation is 1. The molecule has 4 nitrogen and oxygen atoms in total. The molecule has 0 aliphatic carbocycles. The van der Waals surface area contributed by atoms with Crippen LogP contribution in [-0.2, 0) is 11.2 Å². The Kier molecular flexibility index (Phi) is 2.68. The topological polar surface area (TPSA) is 49.8 Å². The molecular weight excluding hydrogens is 213 g/mol. The fourth-order valence-electron chi connectivity index (χ4n) is 1.89. The molecule has 0 aromatic heterocycles. The molecule has 1 aliphatic heterocycles. The second-order valence-corrected chi connectivity index (χ2v) is 3.66. The van der Waals surface area contributed by atoms with Crippen LogP contribution < -0.4 is 4.90 Å². The van der Waals surface area contributed by atoms with Gasteiger partial charge in [0, 0.05) is 12.6 Å². The van der Waals surface area contributed by atoms with Gasteiger partial charge in [0.1, 0.15) is 0 Å². The molecule has 1 amide bonds. The minimum atomic E-state index is -0.662. The minimum Gasteiger partial charge on any atom is -0.505 e. The zero-order chi connectivity index (χ0) is 11.7. The van der Waals surface area contributed by atoms with E-state index >= 15 is 0 Å². The maximum absolute atomic E-state index is 13.1. The van der Waals surface area contributed by atoms with E-state index in [0.717, 1.165) is 6.42 Å². The third-order valence-electron chi connectivity index (χ3n) is 2.66. The number of carbonyl (C=O) groups excluding carboxylic acids is 1. The van der Waals surface area contributed by atoms with E-state index < -0.39 is 17.7 Å². The van der Waals surface area contributed by atoms with Gasteiger partial charge in [0.05, 0.1) is 12.8 Å². The molecule has 1 heterocycles. The molecule has 2 rings (SSSR count). The van der Waals surface area contributed by atoms with Gasteiger partial charge < -0.3 is 9.84 Å². The number of phenolic OH excluding ortho intramolecular Hbond substituents is 1. The van der Waals surface area contributed by atoms with E-state index in [9.17, 15) is 14.3 Å². The lowest BCUT2D eigenvalue weighted by Gasteiger charge is -2.28. The van der Waals surface area contributed by atoms with Crippen molar-refractivity contribution in [2.24, 2.45) is 0 Å². The van der Waals surface area contributed by atoms with Crippen LogP contribution in [0.3, 0.4) is 0 Å². The SMILES string of the molecule is COC(=O)N1CCCc2cc(F)c(O)cc21. The summed E-state index contributed by atoms with van der Waals surface area (Å²) in [5, 5.41) is 9.29. The summed E-state index contributed by atoms with van der Waals surface area (Å²) >= 11 is 0. The third kappa shape index (κ3) is 1.68. The Labute approximate surface area is 92.2 Å². The maximum atomic E-state index is 13.1. The molecule has 0 fully saturated rings. The second kappa shape index (κ2) is 4.00. The molecule has 0 spiro atoms. The number of halogens is 1. The van der Waals surface area contributed by atoms with Gasteiger partial charge in [-0.1, -0.05) is 0 Å². The summed E-state index contributed by atoms with van der Waals surface area (Å²) in [6, 6.07) is 2.53. The molecule has 0 radical (unpaired) electrons. The first-order valence-electron chi connectivity index (χ1n) is 5.00. The van der Waals surface area contributed by atoms with Gasteiger partial charge in [0.15, 0.2) is 11.6 Å². The zero-order valence-electron chi connectivity index (χ0n) is 8.86. The largest absolute Gasteiger partial charge is 0.505 e. The average Bonchev–Trinajstić information content (AvgIpc) is 2.29. The highest BCUT2D eigenvalue weighted by Gasteiger charge is 2.24. The Hall–Kier alpha value is -1.78. The Morgan fingerprint density at radius 2 is 2.31 bits per heavy atom. The number of aromatic hydroxyl groups is 1. The number of fused-ring (bicyclic) bond motifs is 1. The summed E-state index contributed by atoms with van der Waals surface area (Å²) in [6.45, 7) is 0.519. The number of carbonyl (C=O) groups is 1. The number of hydrogen-bond acceptors (Lipinski definition) is 3. The van der Waals surface area contributed by atoms with E-state index in [1.807, 2.05) is 0 Å². The first-order valence-corrected chi connectivity index (χ1v) is 5.00. The first kappa shape index (κ1) is 10.7. The van der Waals surface area contributed by atoms with Crippen LogP contribution in [0.1, 0.15) is 12.0 Å². The van der Waals surface area contributed by atoms with Crippen molar-refractivity contribution in [3.05, 3.63) is 23.5 Å². The van der Waals surface area contributed by atoms with E-state index in [-0.39, 0.29) is 0 Å². The fourth-order valence-corrected chi connectivity index (χ4v) is 1.89. The fraction of sp³-hybridized carbons (Fsp3) is 0.364. The Bertz CT molecular complexity index is 433. The second-order valence-electron chi connectivity index (χ2n) is 3.66. The number of benzene rings is 1. The van der Waals surface area contributed by atoms with Gasteiger partial charge in [-0.15, -0.1) is 0 Å². The summed E-state index contributed by atoms with van der Waals surface area (Å²) in [4.78, 5) is 12.9. The van der Waals surface area contributed by atoms with Crippen LogP contribution in [0, 0.1) is 5.82 Å². The monoisotopic (exact) mass is 225 g/mol. The molecule has 0 saturated heterocycles. The molecule has 0 bridgehead atoms. The van der Waals surface area contributed by atoms with Gasteiger partial charge in [-0.2, -0.15) is 0 Å². The van der Waals surface area contributed by atoms with E-state index in [1.54, 1.807) is 0 Å². The smallest absolute Gasteiger partial charge is 0.414 e. The maximum Gasteiger partial charge on any atom is 0.414 e. The van der Waals surface area contributed by atoms with E-state index in [0.29, 0.717) is 24.2 Å². The highest BCUT2D eigenvalue weighted by Crippen LogP contribution is 2.32. The molecule has 0 unspecified atom stereocenters. The van der Waals surface area contributed by atoms with Crippen molar-refractivity contribution in [2.75, 3.05) is 18.6 Å². The molecule has 0 saturated carbocycles. The number of anilines is 1. The Morgan fingerprint density at radius 1 is 1.56 bits per heavy atom. The van der Waals surface area contributed by atoms with Crippen molar-refractivity contribution in [1.29, 1.82) is 0 Å². The Morgan fingerprint density at radius 3 is 3.00 bits per heavy atom. The van der Waals surface area contributed by atoms with Gasteiger partial charge in [-0.3, -0.25) is 4.90 Å². The van der Waals surface area contributed by atoms with Crippen molar-refractivity contribution in [3.63, 3.8) is 0 Å². The van der Waals surface area contributed by atoms with E-state index in [1.165, 1.54) is 24.1 Å². The van der Waals surface area contributed by atoms with Crippen molar-refractivity contribution in [1.82, 2.24) is 0 Å². The lowest BCUT2D eigenvalue weighted by molar-refractivity contribution is 0.178. The van der Waals surface area contributed by atoms with Gasteiger partial charge in [0.2, 0.25) is 0 Å². The van der Waals surface area contributed by atoms with Gasteiger partial charge in [-0.25, -0.2) is 9.18 Å². The van der Waals surface area contributed by atoms with Crippen LogP contribution in [0.15, 0.2) is 12.1 Å². The predicted octanol–water partition coefficient (Wildman–Crippen LogP) is 2.05. The number of phenols is 1. The highest BCUT2D eigenvalue weighted by atomic mass is 19.1. The average molecular weight is 225 g/mol. The van der Waals surface area contributed by atoms with Crippen LogP contribution in [0.2, 0.25) is 0 Å². The van der Waals surface area contributed by atoms with Crippen LogP contribution in [0.25, 0.3) is 0 Å². The molecular formula is C11H12FNO3. The van der Waals surface area contributed by atoms with Gasteiger partial charge in [0.25, 0.3) is 0 Å². The summed E-state index contributed by atoms with van der Waals surface area (Å²) in [5.41, 5.74) is 1.24. The van der Waals surface area contributed by atoms with Crippen molar-refractivity contribution < 1.29 is 19.0 Å². The van der Waals surface area contributed by atoms with Crippen LogP contribution in [0.5, 0.6) is 5.75 Å². The molecule has 5 heteroatoms. The molecule has 86 valence electrons. The van der Waals surface area contributed by atoms with Crippen molar-refractivity contribution >= 4 is 11.8 Å². The lowest BCUT2D eigenvalue weighted by Crippen LogP contribution is -2.35. The zero-order valence-corrected chi connectivity index (χ0v) is 8.86. The summed E-state index contributed by atoms with van der Waals surface area (Å²) in [5.74, 6) is -1.11. The molecule has 1 aromatic carbocycles. The standard InChI is InChI=1S/C11H12FNO3/c1-16-11(15)13-4-2-3-7-5-8(12)10(14)6-9(7)13/h5-6,14H,2-4H2,1H3. The minimum absolute atomic E-state index is 0.449. The van der Waals surface area contributed by atoms with Gasteiger partial charge in [-0.05, 0) is 24.5 Å². The summed E-state index contributed by atoms with van der Waals surface area (Å²) in [6.07, 6.45) is 0.957. The van der Waals surface area contributed by atoms with Crippen molar-refractivity contribution in [2.45, 2.75) is 12.8 Å². The summed E-state index contributed by atoms with van der Waals surface area (Å²) in [7, 11) is 1.29. The lowest BCUT2D eigenvalue weighted by atomic mass is 10.0. The number of methoxy groups -OCH3 is 1. The molecule has 0 atom stereocenters. The number of hydrogen-bond donors (Lipinski definition) is 1. The molecule has 1 aliphatic rings. The quantitative estimate of drug-likeness (QED) is 0.735. The number of rotatable bonds is 0. The van der Waals surface area contributed by atoms with Crippen LogP contribution >= 0.6 is 0 Å². The van der Waals surface area contributed by atoms with E-state index in [2.05, 4.69) is 4.74 Å². The van der Waals surface area contributed by atoms with Crippen LogP contribution in [0.4, 0.5) is 14.9 Å². The number of nitrogens with zero attached hydrogens (tertiary/aromatic N) is 1. The first-order chi connectivity index (χ1) is 7.63. The predicted molar refractivity (Wildman–Crippen MR) is 56.1 cm³/mol. The normalized spacial score (nSPS) is 14.5. The van der Waals surface area contributed by atoms with E-state index in [4.69, 9.17) is 0 Å². The number of ether oxygens (including phenoxy) is 1. The van der Waals surface area contributed by atoms with Gasteiger partial charge >= 0.3 is 6.09 Å². The summed E-state index contributed by atoms with van der Waals surface area (Å²) < 4.78 is 17.8. The highest BCUT2D eigenvalue weighted by molar-refractivity contribution is 5.89. The molecule has 1 aromatic rings. The molecule has 1 N–H and O–H groups in total. The molecule has 16 heavy (non-hydrogen) atoms. The third-order valence-corrected chi connectivity index (χ3v) is 2.66.